The normalized spacial score (nSPS) is 19.7. The Hall–Kier alpha value is -1.08. The van der Waals surface area contributed by atoms with Crippen LogP contribution < -0.4 is 5.19 Å². The second-order valence-electron chi connectivity index (χ2n) is 8.14. The van der Waals surface area contributed by atoms with Crippen molar-refractivity contribution in [1.82, 2.24) is 0 Å². The number of hydrogen-bond acceptors (Lipinski definition) is 0. The van der Waals surface area contributed by atoms with Gasteiger partial charge in [-0.15, -0.1) is 0 Å². The van der Waals surface area contributed by atoms with Crippen LogP contribution in [-0.4, -0.2) is 8.07 Å². The first-order valence-electron chi connectivity index (χ1n) is 9.54. The Labute approximate surface area is 143 Å². The molecule has 0 radical (unpaired) electrons. The molecule has 2 aromatic carbocycles. The predicted molar refractivity (Wildman–Crippen MR) is 107 cm³/mol. The summed E-state index contributed by atoms with van der Waals surface area (Å²) >= 11 is 0. The molecule has 3 rings (SSSR count). The smallest absolute Gasteiger partial charge is 0.0654 e. The molecule has 0 saturated heterocycles. The van der Waals surface area contributed by atoms with Gasteiger partial charge in [-0.25, -0.2) is 0 Å². The van der Waals surface area contributed by atoms with Gasteiger partial charge in [0.15, 0.2) is 0 Å². The largest absolute Gasteiger partial charge is 0.0931 e. The second-order valence-corrected chi connectivity index (χ2v) is 13.5. The van der Waals surface area contributed by atoms with Crippen LogP contribution in [0.5, 0.6) is 0 Å². The number of hydrogen-bond donors (Lipinski definition) is 0. The van der Waals surface area contributed by atoms with Crippen molar-refractivity contribution >= 4 is 24.0 Å². The summed E-state index contributed by atoms with van der Waals surface area (Å²) < 4.78 is 0. The molecule has 1 aliphatic rings. The molecule has 0 aliphatic carbocycles. The van der Waals surface area contributed by atoms with E-state index in [0.29, 0.717) is 0 Å². The molecule has 1 heterocycles. The van der Waals surface area contributed by atoms with Crippen LogP contribution in [0.3, 0.4) is 0 Å². The summed E-state index contributed by atoms with van der Waals surface area (Å²) in [5.74, 6) is 0.782. The summed E-state index contributed by atoms with van der Waals surface area (Å²) in [4.78, 5) is 0. The molecule has 1 heteroatoms. The van der Waals surface area contributed by atoms with E-state index in [2.05, 4.69) is 71.0 Å². The van der Waals surface area contributed by atoms with Gasteiger partial charge >= 0.3 is 0 Å². The molecule has 1 aliphatic heterocycles. The van der Waals surface area contributed by atoms with E-state index in [9.17, 15) is 0 Å². The van der Waals surface area contributed by atoms with Crippen LogP contribution in [0, 0.1) is 0 Å². The van der Waals surface area contributed by atoms with Crippen LogP contribution >= 0.6 is 0 Å². The predicted octanol–water partition coefficient (Wildman–Crippen LogP) is 6.60. The van der Waals surface area contributed by atoms with E-state index in [-0.39, 0.29) is 0 Å². The average Bonchev–Trinajstić information content (AvgIpc) is 2.54. The average molecular weight is 325 g/mol. The van der Waals surface area contributed by atoms with Gasteiger partial charge in [-0.05, 0) is 45.8 Å². The molecule has 0 aromatic heterocycles. The highest BCUT2D eigenvalue weighted by atomic mass is 28.3. The van der Waals surface area contributed by atoms with Crippen molar-refractivity contribution in [3.63, 3.8) is 0 Å². The maximum absolute atomic E-state index is 2.50. The second kappa shape index (κ2) is 6.43. The summed E-state index contributed by atoms with van der Waals surface area (Å²) in [6.45, 7) is 12.3. The summed E-state index contributed by atoms with van der Waals surface area (Å²) in [5.41, 5.74) is 3.27. The summed E-state index contributed by atoms with van der Waals surface area (Å²) in [6, 6.07) is 15.6. The standard InChI is InChI=1S/C22H32Si/c1-6-7-10-19-15-23(16(2)3,17(4)5)21-14-9-12-18-11-8-13-20(19)22(18)21/h8-9,11-14,16-17,19H,6-7,10,15H2,1-5H3/t19-/m0/s1. The Bertz CT molecular complexity index is 670. The lowest BCUT2D eigenvalue weighted by molar-refractivity contribution is 0.611. The van der Waals surface area contributed by atoms with Gasteiger partial charge in [-0.2, -0.15) is 0 Å². The Morgan fingerprint density at radius 2 is 1.65 bits per heavy atom. The van der Waals surface area contributed by atoms with E-state index in [1.807, 2.05) is 0 Å². The van der Waals surface area contributed by atoms with Crippen LogP contribution in [0.2, 0.25) is 17.1 Å². The highest BCUT2D eigenvalue weighted by Crippen LogP contribution is 2.48. The zero-order valence-electron chi connectivity index (χ0n) is 15.5. The molecule has 0 amide bonds. The minimum absolute atomic E-state index is 0.782. The molecule has 0 saturated carbocycles. The fourth-order valence-electron chi connectivity index (χ4n) is 5.19. The van der Waals surface area contributed by atoms with Gasteiger partial charge in [0, 0.05) is 0 Å². The van der Waals surface area contributed by atoms with Crippen LogP contribution in [0.15, 0.2) is 36.4 Å². The third-order valence-corrected chi connectivity index (χ3v) is 13.1. The quantitative estimate of drug-likeness (QED) is 0.543. The molecule has 0 spiro atoms. The maximum Gasteiger partial charge on any atom is 0.0931 e. The molecule has 2 aromatic rings. The van der Waals surface area contributed by atoms with E-state index in [0.717, 1.165) is 17.0 Å². The first kappa shape index (κ1) is 16.8. The molecule has 124 valence electrons. The Kier molecular flexibility index (Phi) is 4.69. The van der Waals surface area contributed by atoms with Crippen molar-refractivity contribution < 1.29 is 0 Å². The van der Waals surface area contributed by atoms with Crippen molar-refractivity contribution in [2.24, 2.45) is 0 Å². The van der Waals surface area contributed by atoms with E-state index >= 15 is 0 Å². The lowest BCUT2D eigenvalue weighted by Crippen LogP contribution is -2.56. The molecular formula is C22H32Si. The minimum Gasteiger partial charge on any atom is -0.0654 e. The summed E-state index contributed by atoms with van der Waals surface area (Å²) in [7, 11) is -1.50. The van der Waals surface area contributed by atoms with Crippen molar-refractivity contribution in [2.75, 3.05) is 0 Å². The third kappa shape index (κ3) is 2.57. The molecule has 23 heavy (non-hydrogen) atoms. The monoisotopic (exact) mass is 324 g/mol. The van der Waals surface area contributed by atoms with Gasteiger partial charge in [0.05, 0.1) is 8.07 Å². The molecule has 0 N–H and O–H groups in total. The van der Waals surface area contributed by atoms with Crippen molar-refractivity contribution in [3.05, 3.63) is 42.0 Å². The lowest BCUT2D eigenvalue weighted by atomic mass is 9.90. The zero-order valence-corrected chi connectivity index (χ0v) is 16.5. The van der Waals surface area contributed by atoms with Crippen LogP contribution in [0.4, 0.5) is 0 Å². The molecule has 0 nitrogen and oxygen atoms in total. The molecule has 1 atom stereocenters. The van der Waals surface area contributed by atoms with Gasteiger partial charge in [0.2, 0.25) is 0 Å². The van der Waals surface area contributed by atoms with Crippen LogP contribution in [0.25, 0.3) is 10.8 Å². The summed E-state index contributed by atoms with van der Waals surface area (Å²) in [5, 5.41) is 4.86. The highest BCUT2D eigenvalue weighted by Gasteiger charge is 2.47. The Balaban J connectivity index is 2.28. The first-order valence-corrected chi connectivity index (χ1v) is 11.9. The molecule has 0 bridgehead atoms. The lowest BCUT2D eigenvalue weighted by Gasteiger charge is -2.47. The van der Waals surface area contributed by atoms with E-state index in [1.54, 1.807) is 16.1 Å². The van der Waals surface area contributed by atoms with E-state index in [1.165, 1.54) is 30.7 Å². The van der Waals surface area contributed by atoms with E-state index < -0.39 is 8.07 Å². The van der Waals surface area contributed by atoms with Gasteiger partial charge < -0.3 is 0 Å². The fourth-order valence-corrected chi connectivity index (χ4v) is 11.3. The summed E-state index contributed by atoms with van der Waals surface area (Å²) in [6.07, 6.45) is 4.05. The highest BCUT2D eigenvalue weighted by molar-refractivity contribution is 6.96. The number of benzene rings is 2. The van der Waals surface area contributed by atoms with Crippen LogP contribution in [0.1, 0.15) is 65.4 Å². The number of rotatable bonds is 5. The van der Waals surface area contributed by atoms with Gasteiger partial charge in [-0.3, -0.25) is 0 Å². The topological polar surface area (TPSA) is 0 Å². The Morgan fingerprint density at radius 3 is 2.26 bits per heavy atom. The van der Waals surface area contributed by atoms with Crippen molar-refractivity contribution in [3.8, 4) is 0 Å². The van der Waals surface area contributed by atoms with Crippen molar-refractivity contribution in [2.45, 2.75) is 76.9 Å². The fraction of sp³-hybridized carbons (Fsp3) is 0.545. The zero-order chi connectivity index (χ0) is 16.6. The van der Waals surface area contributed by atoms with Crippen LogP contribution in [-0.2, 0) is 0 Å². The Morgan fingerprint density at radius 1 is 1.00 bits per heavy atom. The minimum atomic E-state index is -1.50. The van der Waals surface area contributed by atoms with Crippen molar-refractivity contribution in [1.29, 1.82) is 0 Å². The SMILES string of the molecule is CCCC[C@H]1C[Si](C(C)C)(C(C)C)c2cccc3cccc1c23. The third-order valence-electron chi connectivity index (χ3n) is 6.43. The van der Waals surface area contributed by atoms with Gasteiger partial charge in [0.25, 0.3) is 0 Å². The van der Waals surface area contributed by atoms with Gasteiger partial charge in [0.1, 0.15) is 0 Å². The molecule has 0 unspecified atom stereocenters. The number of unbranched alkanes of at least 4 members (excludes halogenated alkanes) is 1. The molecule has 0 fully saturated rings. The molecular weight excluding hydrogens is 292 g/mol. The van der Waals surface area contributed by atoms with E-state index in [4.69, 9.17) is 0 Å². The maximum atomic E-state index is 2.50. The first-order chi connectivity index (χ1) is 11.0. The van der Waals surface area contributed by atoms with Gasteiger partial charge in [-0.1, -0.05) is 89.0 Å².